The first kappa shape index (κ1) is 18.3. The van der Waals surface area contributed by atoms with Gasteiger partial charge in [0.15, 0.2) is 0 Å². The number of carbonyl (C=O) groups is 1. The number of halogens is 3. The Morgan fingerprint density at radius 1 is 1.18 bits per heavy atom. The number of rotatable bonds is 7. The third kappa shape index (κ3) is 4.39. The Morgan fingerprint density at radius 2 is 1.82 bits per heavy atom. The van der Waals surface area contributed by atoms with Gasteiger partial charge in [-0.1, -0.05) is 39.5 Å². The fraction of sp³-hybridized carbons (Fsp3) is 0.562. The van der Waals surface area contributed by atoms with E-state index < -0.39 is 23.3 Å². The van der Waals surface area contributed by atoms with Gasteiger partial charge in [-0.3, -0.25) is 4.79 Å². The molecule has 0 aliphatic heterocycles. The Morgan fingerprint density at radius 3 is 2.36 bits per heavy atom. The molecule has 6 heteroatoms. The molecule has 1 atom stereocenters. The predicted octanol–water partition coefficient (Wildman–Crippen LogP) is 4.92. The second kappa shape index (κ2) is 7.51. The minimum absolute atomic E-state index is 0.00611. The Labute approximate surface area is 127 Å². The number of Topliss-reactive ketones (excluding diaryl/α,β-unsaturated/α-hetero) is 1. The van der Waals surface area contributed by atoms with Crippen molar-refractivity contribution < 1.29 is 28.2 Å². The van der Waals surface area contributed by atoms with Gasteiger partial charge in [0.1, 0.15) is 11.5 Å². The monoisotopic (exact) mass is 318 g/mol. The van der Waals surface area contributed by atoms with Crippen molar-refractivity contribution in [2.24, 2.45) is 0 Å². The van der Waals surface area contributed by atoms with Crippen molar-refractivity contribution in [2.75, 3.05) is 0 Å². The summed E-state index contributed by atoms with van der Waals surface area (Å²) in [6, 6.07) is 1.82. The summed E-state index contributed by atoms with van der Waals surface area (Å²) in [7, 11) is 0. The second-order valence-corrected chi connectivity index (χ2v) is 5.47. The number of hydrogen-bond acceptors (Lipinski definition) is 3. The Hall–Kier alpha value is -1.72. The molecule has 0 fully saturated rings. The van der Waals surface area contributed by atoms with Crippen LogP contribution in [0.5, 0.6) is 11.5 Å². The van der Waals surface area contributed by atoms with E-state index in [2.05, 4.69) is 6.92 Å². The number of ketones is 1. The summed E-state index contributed by atoms with van der Waals surface area (Å²) in [4.78, 5) is 11.3. The predicted molar refractivity (Wildman–Crippen MR) is 77.3 cm³/mol. The number of phenolic OH excluding ortho intramolecular Hbond substituents is 2. The topological polar surface area (TPSA) is 57.5 Å². The fourth-order valence-electron chi connectivity index (χ4n) is 2.44. The van der Waals surface area contributed by atoms with Crippen LogP contribution in [0.1, 0.15) is 67.8 Å². The molecule has 1 aromatic rings. The average Bonchev–Trinajstić information content (AvgIpc) is 2.42. The molecule has 1 unspecified atom stereocenters. The van der Waals surface area contributed by atoms with Crippen LogP contribution in [0.25, 0.3) is 0 Å². The van der Waals surface area contributed by atoms with Gasteiger partial charge in [-0.15, -0.1) is 0 Å². The van der Waals surface area contributed by atoms with E-state index in [0.717, 1.165) is 37.8 Å². The normalized spacial score (nSPS) is 13.1. The first-order chi connectivity index (χ1) is 10.2. The van der Waals surface area contributed by atoms with Crippen LogP contribution in [0.15, 0.2) is 12.1 Å². The lowest BCUT2D eigenvalue weighted by Crippen LogP contribution is -2.23. The zero-order valence-electron chi connectivity index (χ0n) is 12.7. The van der Waals surface area contributed by atoms with Gasteiger partial charge in [0, 0.05) is 5.56 Å². The molecular weight excluding hydrogens is 297 g/mol. The van der Waals surface area contributed by atoms with Crippen LogP contribution in [0.4, 0.5) is 13.2 Å². The van der Waals surface area contributed by atoms with E-state index in [-0.39, 0.29) is 17.2 Å². The maximum atomic E-state index is 12.5. The zero-order valence-corrected chi connectivity index (χ0v) is 12.7. The molecule has 0 saturated carbocycles. The van der Waals surface area contributed by atoms with E-state index in [1.165, 1.54) is 0 Å². The summed E-state index contributed by atoms with van der Waals surface area (Å²) >= 11 is 0. The first-order valence-electron chi connectivity index (χ1n) is 7.36. The van der Waals surface area contributed by atoms with Crippen molar-refractivity contribution in [3.63, 3.8) is 0 Å². The molecule has 0 amide bonds. The van der Waals surface area contributed by atoms with E-state index in [1.54, 1.807) is 6.92 Å². The number of carbonyl (C=O) groups excluding carboxylic acids is 1. The van der Waals surface area contributed by atoms with Gasteiger partial charge in [0.25, 0.3) is 5.78 Å². The van der Waals surface area contributed by atoms with Crippen LogP contribution in [0, 0.1) is 0 Å². The van der Waals surface area contributed by atoms with Crippen molar-refractivity contribution >= 4 is 5.78 Å². The van der Waals surface area contributed by atoms with Gasteiger partial charge >= 0.3 is 6.18 Å². The van der Waals surface area contributed by atoms with Gasteiger partial charge in [0.2, 0.25) is 0 Å². The summed E-state index contributed by atoms with van der Waals surface area (Å²) in [5, 5.41) is 19.8. The Kier molecular flexibility index (Phi) is 6.26. The minimum Gasteiger partial charge on any atom is -0.508 e. The van der Waals surface area contributed by atoms with Crippen molar-refractivity contribution in [3.05, 3.63) is 23.3 Å². The van der Waals surface area contributed by atoms with E-state index in [4.69, 9.17) is 0 Å². The summed E-state index contributed by atoms with van der Waals surface area (Å²) < 4.78 is 37.5. The van der Waals surface area contributed by atoms with Crippen LogP contribution in [-0.2, 0) is 0 Å². The largest absolute Gasteiger partial charge is 0.508 e. The molecule has 0 aliphatic carbocycles. The molecule has 0 bridgehead atoms. The van der Waals surface area contributed by atoms with E-state index >= 15 is 0 Å². The molecule has 3 nitrogen and oxygen atoms in total. The third-order valence-electron chi connectivity index (χ3n) is 3.68. The Balaban J connectivity index is 3.02. The van der Waals surface area contributed by atoms with Crippen LogP contribution in [0.3, 0.4) is 0 Å². The van der Waals surface area contributed by atoms with Crippen LogP contribution >= 0.6 is 0 Å². The highest BCUT2D eigenvalue weighted by molar-refractivity contribution is 6.03. The molecule has 0 aliphatic rings. The standard InChI is InChI=1S/C16H21F3O3/c1-3-4-5-6-7-10(2)13-12(20)9-8-11(14(13)21)15(22)16(17,18)19/h8-10,20-21H,3-7H2,1-2H3. The highest BCUT2D eigenvalue weighted by atomic mass is 19.4. The fourth-order valence-corrected chi connectivity index (χ4v) is 2.44. The third-order valence-corrected chi connectivity index (χ3v) is 3.68. The molecule has 0 radical (unpaired) electrons. The number of phenols is 2. The molecule has 0 aromatic heterocycles. The minimum atomic E-state index is -5.06. The number of benzene rings is 1. The highest BCUT2D eigenvalue weighted by Crippen LogP contribution is 2.40. The molecule has 1 aromatic carbocycles. The SMILES string of the molecule is CCCCCCC(C)c1c(O)ccc(C(=O)C(F)(F)F)c1O. The maximum Gasteiger partial charge on any atom is 0.455 e. The van der Waals surface area contributed by atoms with Gasteiger partial charge in [-0.25, -0.2) is 0 Å². The number of alkyl halides is 3. The quantitative estimate of drug-likeness (QED) is 0.554. The van der Waals surface area contributed by atoms with Crippen LogP contribution < -0.4 is 0 Å². The molecular formula is C16H21F3O3. The number of unbranched alkanes of at least 4 members (excludes halogenated alkanes) is 3. The summed E-state index contributed by atoms with van der Waals surface area (Å²) in [5.74, 6) is -3.51. The number of hydrogen-bond donors (Lipinski definition) is 2. The molecule has 22 heavy (non-hydrogen) atoms. The van der Waals surface area contributed by atoms with Crippen LogP contribution in [0.2, 0.25) is 0 Å². The van der Waals surface area contributed by atoms with E-state index in [9.17, 15) is 28.2 Å². The summed E-state index contributed by atoms with van der Waals surface area (Å²) in [6.07, 6.45) is -0.520. The molecule has 0 spiro atoms. The first-order valence-corrected chi connectivity index (χ1v) is 7.36. The molecule has 0 saturated heterocycles. The Bertz CT molecular complexity index is 524. The van der Waals surface area contributed by atoms with Gasteiger partial charge in [-0.05, 0) is 24.5 Å². The van der Waals surface area contributed by atoms with E-state index in [0.29, 0.717) is 6.42 Å². The lowest BCUT2D eigenvalue weighted by atomic mass is 9.90. The smallest absolute Gasteiger partial charge is 0.455 e. The average molecular weight is 318 g/mol. The van der Waals surface area contributed by atoms with Crippen molar-refractivity contribution in [3.8, 4) is 11.5 Å². The lowest BCUT2D eigenvalue weighted by Gasteiger charge is -2.17. The van der Waals surface area contributed by atoms with Gasteiger partial charge < -0.3 is 10.2 Å². The number of aromatic hydroxyl groups is 2. The lowest BCUT2D eigenvalue weighted by molar-refractivity contribution is -0.0886. The van der Waals surface area contributed by atoms with Crippen molar-refractivity contribution in [2.45, 2.75) is 58.0 Å². The van der Waals surface area contributed by atoms with Crippen molar-refractivity contribution in [1.82, 2.24) is 0 Å². The van der Waals surface area contributed by atoms with Gasteiger partial charge in [-0.2, -0.15) is 13.2 Å². The molecule has 0 heterocycles. The molecule has 124 valence electrons. The van der Waals surface area contributed by atoms with Crippen LogP contribution in [-0.4, -0.2) is 22.2 Å². The zero-order chi connectivity index (χ0) is 16.9. The maximum absolute atomic E-state index is 12.5. The molecule has 2 N–H and O–H groups in total. The summed E-state index contributed by atoms with van der Waals surface area (Å²) in [6.45, 7) is 3.77. The highest BCUT2D eigenvalue weighted by Gasteiger charge is 2.41. The van der Waals surface area contributed by atoms with Gasteiger partial charge in [0.05, 0.1) is 5.56 Å². The van der Waals surface area contributed by atoms with E-state index in [1.807, 2.05) is 0 Å². The van der Waals surface area contributed by atoms with Crippen molar-refractivity contribution in [1.29, 1.82) is 0 Å². The summed E-state index contributed by atoms with van der Waals surface area (Å²) in [5.41, 5.74) is -0.813. The second-order valence-electron chi connectivity index (χ2n) is 5.47. The molecule has 1 rings (SSSR count).